The van der Waals surface area contributed by atoms with Gasteiger partial charge in [0, 0.05) is 25.7 Å². The van der Waals surface area contributed by atoms with E-state index in [0.29, 0.717) is 6.54 Å². The van der Waals surface area contributed by atoms with Crippen molar-refractivity contribution < 1.29 is 13.2 Å². The Hall–Kier alpha value is -1.96. The van der Waals surface area contributed by atoms with E-state index in [1.54, 1.807) is 0 Å². The Morgan fingerprint density at radius 1 is 1.13 bits per heavy atom. The van der Waals surface area contributed by atoms with Crippen LogP contribution in [0.3, 0.4) is 0 Å². The molecular weight excluding hydrogens is 338 g/mol. The molecule has 0 saturated heterocycles. The lowest BCUT2D eigenvalue weighted by Crippen LogP contribution is -2.30. The van der Waals surface area contributed by atoms with Gasteiger partial charge >= 0.3 is 0 Å². The maximum Gasteiger partial charge on any atom is 0.242 e. The van der Waals surface area contributed by atoms with Gasteiger partial charge in [-0.1, -0.05) is 41.9 Å². The van der Waals surface area contributed by atoms with Crippen LogP contribution in [0.2, 0.25) is 5.15 Å². The van der Waals surface area contributed by atoms with Crippen molar-refractivity contribution in [3.05, 3.63) is 59.4 Å². The Morgan fingerprint density at radius 2 is 1.87 bits per heavy atom. The molecule has 1 heterocycles. The predicted molar refractivity (Wildman–Crippen MR) is 87.3 cm³/mol. The van der Waals surface area contributed by atoms with Gasteiger partial charge in [-0.25, -0.2) is 18.1 Å². The quantitative estimate of drug-likeness (QED) is 0.742. The number of carbonyl (C=O) groups excluding carboxylic acids is 1. The first-order valence-corrected chi connectivity index (χ1v) is 8.75. The fourth-order valence-corrected chi connectivity index (χ4v) is 2.88. The SMILES string of the molecule is O=C(CCNS(=O)(=O)c1ccc(Cl)nc1)NCc1ccccc1. The second kappa shape index (κ2) is 8.05. The number of carbonyl (C=O) groups is 1. The van der Waals surface area contributed by atoms with E-state index in [1.165, 1.54) is 18.3 Å². The number of nitrogens with zero attached hydrogens (tertiary/aromatic N) is 1. The third-order valence-electron chi connectivity index (χ3n) is 2.99. The zero-order valence-corrected chi connectivity index (χ0v) is 13.8. The molecule has 0 unspecified atom stereocenters. The molecule has 1 aromatic carbocycles. The molecule has 6 nitrogen and oxygen atoms in total. The maximum atomic E-state index is 12.0. The number of nitrogens with one attached hydrogen (secondary N) is 2. The van der Waals surface area contributed by atoms with E-state index in [0.717, 1.165) is 5.56 Å². The smallest absolute Gasteiger partial charge is 0.242 e. The van der Waals surface area contributed by atoms with Crippen LogP contribution in [0.25, 0.3) is 0 Å². The van der Waals surface area contributed by atoms with Gasteiger partial charge in [0.25, 0.3) is 0 Å². The van der Waals surface area contributed by atoms with E-state index in [2.05, 4.69) is 15.0 Å². The van der Waals surface area contributed by atoms with Crippen molar-refractivity contribution in [3.8, 4) is 0 Å². The molecule has 0 radical (unpaired) electrons. The van der Waals surface area contributed by atoms with Gasteiger partial charge in [-0.05, 0) is 17.7 Å². The van der Waals surface area contributed by atoms with Crippen LogP contribution in [0.5, 0.6) is 0 Å². The first kappa shape index (κ1) is 17.4. The molecule has 0 spiro atoms. The molecule has 0 aliphatic carbocycles. The number of pyridine rings is 1. The molecule has 1 aromatic heterocycles. The summed E-state index contributed by atoms with van der Waals surface area (Å²) in [5.74, 6) is -0.231. The normalized spacial score (nSPS) is 11.2. The standard InChI is InChI=1S/C15H16ClN3O3S/c16-14-7-6-13(11-17-14)23(21,22)19-9-8-15(20)18-10-12-4-2-1-3-5-12/h1-7,11,19H,8-10H2,(H,18,20). The highest BCUT2D eigenvalue weighted by Gasteiger charge is 2.14. The summed E-state index contributed by atoms with van der Waals surface area (Å²) in [7, 11) is -3.69. The number of hydrogen-bond donors (Lipinski definition) is 2. The molecule has 2 N–H and O–H groups in total. The zero-order valence-electron chi connectivity index (χ0n) is 12.2. The summed E-state index contributed by atoms with van der Waals surface area (Å²) in [5, 5.41) is 2.94. The van der Waals surface area contributed by atoms with Gasteiger partial charge in [0.15, 0.2) is 0 Å². The molecule has 0 atom stereocenters. The summed E-state index contributed by atoms with van der Waals surface area (Å²) < 4.78 is 26.3. The van der Waals surface area contributed by atoms with Crippen LogP contribution in [0.4, 0.5) is 0 Å². The summed E-state index contributed by atoms with van der Waals surface area (Å²) in [6.45, 7) is 0.416. The van der Waals surface area contributed by atoms with Gasteiger partial charge in [0.1, 0.15) is 10.0 Å². The van der Waals surface area contributed by atoms with Crippen LogP contribution in [0.1, 0.15) is 12.0 Å². The van der Waals surface area contributed by atoms with Crippen molar-refractivity contribution in [2.45, 2.75) is 17.9 Å². The van der Waals surface area contributed by atoms with E-state index >= 15 is 0 Å². The molecular formula is C15H16ClN3O3S. The van der Waals surface area contributed by atoms with Crippen LogP contribution in [-0.2, 0) is 21.4 Å². The monoisotopic (exact) mass is 353 g/mol. The average molecular weight is 354 g/mol. The Kier molecular flexibility index (Phi) is 6.09. The minimum Gasteiger partial charge on any atom is -0.352 e. The zero-order chi connectivity index (χ0) is 16.7. The van der Waals surface area contributed by atoms with Gasteiger partial charge in [-0.15, -0.1) is 0 Å². The van der Waals surface area contributed by atoms with Crippen LogP contribution >= 0.6 is 11.6 Å². The highest BCUT2D eigenvalue weighted by atomic mass is 35.5. The molecule has 0 aliphatic rings. The van der Waals surface area contributed by atoms with Crippen LogP contribution in [0.15, 0.2) is 53.6 Å². The van der Waals surface area contributed by atoms with Crippen molar-refractivity contribution in [1.29, 1.82) is 0 Å². The van der Waals surface area contributed by atoms with E-state index in [4.69, 9.17) is 11.6 Å². The van der Waals surface area contributed by atoms with Gasteiger partial charge in [0.05, 0.1) is 0 Å². The molecule has 0 aliphatic heterocycles. The molecule has 2 aromatic rings. The number of sulfonamides is 1. The van der Waals surface area contributed by atoms with E-state index in [-0.39, 0.29) is 28.9 Å². The first-order chi connectivity index (χ1) is 11.0. The van der Waals surface area contributed by atoms with Crippen molar-refractivity contribution in [3.63, 3.8) is 0 Å². The third kappa shape index (κ3) is 5.63. The second-order valence-electron chi connectivity index (χ2n) is 4.73. The first-order valence-electron chi connectivity index (χ1n) is 6.89. The fraction of sp³-hybridized carbons (Fsp3) is 0.200. The Balaban J connectivity index is 1.77. The molecule has 1 amide bonds. The Labute approximate surface area is 139 Å². The number of aromatic nitrogens is 1. The largest absolute Gasteiger partial charge is 0.352 e. The molecule has 23 heavy (non-hydrogen) atoms. The van der Waals surface area contributed by atoms with Gasteiger partial charge in [-0.2, -0.15) is 0 Å². The topological polar surface area (TPSA) is 88.2 Å². The van der Waals surface area contributed by atoms with Crippen molar-refractivity contribution in [2.24, 2.45) is 0 Å². The van der Waals surface area contributed by atoms with Gasteiger partial charge in [0.2, 0.25) is 15.9 Å². The summed E-state index contributed by atoms with van der Waals surface area (Å²) in [4.78, 5) is 15.4. The number of halogens is 1. The molecule has 8 heteroatoms. The molecule has 0 fully saturated rings. The van der Waals surface area contributed by atoms with E-state index in [1.807, 2.05) is 30.3 Å². The maximum absolute atomic E-state index is 12.0. The second-order valence-corrected chi connectivity index (χ2v) is 6.88. The van der Waals surface area contributed by atoms with Crippen LogP contribution < -0.4 is 10.0 Å². The number of benzene rings is 1. The summed E-state index contributed by atoms with van der Waals surface area (Å²) in [5.41, 5.74) is 0.980. The number of hydrogen-bond acceptors (Lipinski definition) is 4. The van der Waals surface area contributed by atoms with Crippen molar-refractivity contribution in [2.75, 3.05) is 6.54 Å². The summed E-state index contributed by atoms with van der Waals surface area (Å²) >= 11 is 5.61. The minimum absolute atomic E-state index is 0.00554. The Bertz CT molecular complexity index is 749. The Morgan fingerprint density at radius 3 is 2.52 bits per heavy atom. The van der Waals surface area contributed by atoms with Crippen molar-refractivity contribution in [1.82, 2.24) is 15.0 Å². The fourth-order valence-electron chi connectivity index (χ4n) is 1.79. The van der Waals surface area contributed by atoms with E-state index in [9.17, 15) is 13.2 Å². The third-order valence-corrected chi connectivity index (χ3v) is 4.66. The highest BCUT2D eigenvalue weighted by Crippen LogP contribution is 2.10. The molecule has 0 saturated carbocycles. The van der Waals surface area contributed by atoms with Crippen molar-refractivity contribution >= 4 is 27.5 Å². The van der Waals surface area contributed by atoms with Crippen LogP contribution in [0, 0.1) is 0 Å². The summed E-state index contributed by atoms with van der Waals surface area (Å²) in [6, 6.07) is 12.2. The highest BCUT2D eigenvalue weighted by molar-refractivity contribution is 7.89. The summed E-state index contributed by atoms with van der Waals surface area (Å²) in [6.07, 6.45) is 1.22. The lowest BCUT2D eigenvalue weighted by molar-refractivity contribution is -0.121. The average Bonchev–Trinajstić information content (AvgIpc) is 2.54. The lowest BCUT2D eigenvalue weighted by Gasteiger charge is -2.07. The lowest BCUT2D eigenvalue weighted by atomic mass is 10.2. The van der Waals surface area contributed by atoms with E-state index < -0.39 is 10.0 Å². The number of amides is 1. The molecule has 2 rings (SSSR count). The van der Waals surface area contributed by atoms with Gasteiger partial charge < -0.3 is 5.32 Å². The molecule has 122 valence electrons. The predicted octanol–water partition coefficient (Wildman–Crippen LogP) is 1.72. The minimum atomic E-state index is -3.69. The van der Waals surface area contributed by atoms with Gasteiger partial charge in [-0.3, -0.25) is 4.79 Å². The van der Waals surface area contributed by atoms with Crippen LogP contribution in [-0.4, -0.2) is 25.9 Å². The number of rotatable bonds is 7. The molecule has 0 bridgehead atoms.